The maximum atomic E-state index is 12.8. The van der Waals surface area contributed by atoms with Crippen LogP contribution in [0.5, 0.6) is 0 Å². The molecule has 116 valence electrons. The number of aromatic nitrogens is 1. The summed E-state index contributed by atoms with van der Waals surface area (Å²) in [6, 6.07) is 2.13. The van der Waals surface area contributed by atoms with Crippen LogP contribution in [0.4, 0.5) is 5.13 Å². The highest BCUT2D eigenvalue weighted by Gasteiger charge is 2.27. The maximum absolute atomic E-state index is 12.8. The number of anilines is 1. The van der Waals surface area contributed by atoms with Gasteiger partial charge in [0.15, 0.2) is 5.13 Å². The summed E-state index contributed by atoms with van der Waals surface area (Å²) in [5.41, 5.74) is 8.25. The second kappa shape index (κ2) is 5.35. The van der Waals surface area contributed by atoms with Gasteiger partial charge in [-0.05, 0) is 36.8 Å². The molecule has 4 nitrogen and oxygen atoms in total. The molecule has 2 aromatic heterocycles. The van der Waals surface area contributed by atoms with Crippen LogP contribution in [0.3, 0.4) is 0 Å². The first-order valence-electron chi connectivity index (χ1n) is 7.75. The fourth-order valence-electron chi connectivity index (χ4n) is 3.36. The number of nitrogens with zero attached hydrogens (tertiary/aromatic N) is 2. The lowest BCUT2D eigenvalue weighted by Gasteiger charge is -2.25. The molecule has 6 heteroatoms. The molecule has 0 aromatic carbocycles. The van der Waals surface area contributed by atoms with E-state index in [0.717, 1.165) is 47.2 Å². The van der Waals surface area contributed by atoms with Gasteiger partial charge in [-0.15, -0.1) is 22.7 Å². The number of carbonyl (C=O) groups is 1. The number of fused-ring (bicyclic) bond motifs is 2. The third-order valence-electron chi connectivity index (χ3n) is 4.57. The highest BCUT2D eigenvalue weighted by Crippen LogP contribution is 2.34. The Bertz CT molecular complexity index is 734. The van der Waals surface area contributed by atoms with Gasteiger partial charge in [-0.2, -0.15) is 0 Å². The van der Waals surface area contributed by atoms with Gasteiger partial charge in [0.05, 0.1) is 17.1 Å². The number of hydrogen-bond acceptors (Lipinski definition) is 5. The lowest BCUT2D eigenvalue weighted by molar-refractivity contribution is 0.0741. The third kappa shape index (κ3) is 2.44. The molecular weight excluding hydrogens is 314 g/mol. The molecule has 0 saturated heterocycles. The van der Waals surface area contributed by atoms with Crippen molar-refractivity contribution in [3.05, 3.63) is 32.0 Å². The van der Waals surface area contributed by atoms with Crippen LogP contribution < -0.4 is 5.73 Å². The summed E-state index contributed by atoms with van der Waals surface area (Å²) >= 11 is 3.21. The Morgan fingerprint density at radius 1 is 1.36 bits per heavy atom. The van der Waals surface area contributed by atoms with Gasteiger partial charge in [-0.1, -0.05) is 6.92 Å². The summed E-state index contributed by atoms with van der Waals surface area (Å²) in [6.45, 7) is 3.69. The van der Waals surface area contributed by atoms with Crippen molar-refractivity contribution in [2.75, 3.05) is 12.3 Å². The molecule has 1 atom stereocenters. The van der Waals surface area contributed by atoms with Crippen LogP contribution in [-0.4, -0.2) is 22.3 Å². The molecule has 4 rings (SSSR count). The van der Waals surface area contributed by atoms with Gasteiger partial charge in [0, 0.05) is 22.7 Å². The minimum atomic E-state index is 0.171. The van der Waals surface area contributed by atoms with Crippen LogP contribution in [0, 0.1) is 5.92 Å². The van der Waals surface area contributed by atoms with Crippen LogP contribution in [0.1, 0.15) is 44.0 Å². The standard InChI is InChI=1S/C16H19N3OS2/c1-9-2-3-12-10(6-9)7-13(21-12)15(20)19-5-4-11-14(8-19)22-16(17)18-11/h7,9H,2-6,8H2,1H3,(H2,17,18). The monoisotopic (exact) mass is 333 g/mol. The fourth-order valence-corrected chi connectivity index (χ4v) is 5.43. The summed E-state index contributed by atoms with van der Waals surface area (Å²) in [4.78, 5) is 22.6. The number of thiazole rings is 1. The Morgan fingerprint density at radius 3 is 3.09 bits per heavy atom. The number of nitrogens with two attached hydrogens (primary N) is 1. The van der Waals surface area contributed by atoms with E-state index in [4.69, 9.17) is 5.73 Å². The summed E-state index contributed by atoms with van der Waals surface area (Å²) in [5.74, 6) is 0.910. The first kappa shape index (κ1) is 14.2. The second-order valence-electron chi connectivity index (χ2n) is 6.31. The van der Waals surface area contributed by atoms with Crippen molar-refractivity contribution in [3.63, 3.8) is 0 Å². The fraction of sp³-hybridized carbons (Fsp3) is 0.500. The summed E-state index contributed by atoms with van der Waals surface area (Å²) in [6.07, 6.45) is 4.31. The molecule has 2 N–H and O–H groups in total. The van der Waals surface area contributed by atoms with E-state index in [1.165, 1.54) is 28.2 Å². The highest BCUT2D eigenvalue weighted by molar-refractivity contribution is 7.15. The summed E-state index contributed by atoms with van der Waals surface area (Å²) in [5, 5.41) is 0.611. The first-order chi connectivity index (χ1) is 10.6. The predicted octanol–water partition coefficient (Wildman–Crippen LogP) is 3.11. The molecule has 1 unspecified atom stereocenters. The summed E-state index contributed by atoms with van der Waals surface area (Å²) in [7, 11) is 0. The lowest BCUT2D eigenvalue weighted by Crippen LogP contribution is -2.35. The van der Waals surface area contributed by atoms with Crippen molar-refractivity contribution in [2.24, 2.45) is 5.92 Å². The van der Waals surface area contributed by atoms with Gasteiger partial charge in [0.2, 0.25) is 0 Å². The molecule has 0 saturated carbocycles. The van der Waals surface area contributed by atoms with Crippen molar-refractivity contribution in [1.82, 2.24) is 9.88 Å². The molecule has 0 fully saturated rings. The van der Waals surface area contributed by atoms with Crippen LogP contribution >= 0.6 is 22.7 Å². The smallest absolute Gasteiger partial charge is 0.264 e. The maximum Gasteiger partial charge on any atom is 0.264 e. The van der Waals surface area contributed by atoms with Gasteiger partial charge < -0.3 is 10.6 Å². The number of aryl methyl sites for hydroxylation is 1. The Morgan fingerprint density at radius 2 is 2.23 bits per heavy atom. The SMILES string of the molecule is CC1CCc2sc(C(=O)N3CCc4nc(N)sc4C3)cc2C1. The molecule has 0 radical (unpaired) electrons. The minimum absolute atomic E-state index is 0.171. The Hall–Kier alpha value is -1.40. The molecule has 2 aliphatic rings. The van der Waals surface area contributed by atoms with Crippen molar-refractivity contribution >= 4 is 33.7 Å². The number of amides is 1. The molecule has 0 spiro atoms. The zero-order valence-corrected chi connectivity index (χ0v) is 14.2. The average molecular weight is 333 g/mol. The number of thiophene rings is 1. The predicted molar refractivity (Wildman–Crippen MR) is 90.5 cm³/mol. The van der Waals surface area contributed by atoms with Crippen LogP contribution in [0.25, 0.3) is 0 Å². The van der Waals surface area contributed by atoms with Crippen molar-refractivity contribution in [2.45, 2.75) is 39.2 Å². The number of carbonyl (C=O) groups excluding carboxylic acids is 1. The van der Waals surface area contributed by atoms with Gasteiger partial charge in [0.25, 0.3) is 5.91 Å². The van der Waals surface area contributed by atoms with Gasteiger partial charge in [-0.25, -0.2) is 4.98 Å². The number of hydrogen-bond donors (Lipinski definition) is 1. The van der Waals surface area contributed by atoms with Crippen LogP contribution in [-0.2, 0) is 25.8 Å². The Balaban J connectivity index is 1.55. The topological polar surface area (TPSA) is 59.2 Å². The van der Waals surface area contributed by atoms with E-state index in [-0.39, 0.29) is 5.91 Å². The lowest BCUT2D eigenvalue weighted by atomic mass is 9.90. The summed E-state index contributed by atoms with van der Waals surface area (Å²) < 4.78 is 0. The van der Waals surface area contributed by atoms with Gasteiger partial charge in [-0.3, -0.25) is 4.79 Å². The number of nitrogen functional groups attached to an aromatic ring is 1. The van der Waals surface area contributed by atoms with E-state index in [9.17, 15) is 4.79 Å². The molecule has 0 bridgehead atoms. The van der Waals surface area contributed by atoms with E-state index in [1.54, 1.807) is 11.3 Å². The molecule has 1 amide bonds. The molecule has 22 heavy (non-hydrogen) atoms. The van der Waals surface area contributed by atoms with Crippen molar-refractivity contribution in [1.29, 1.82) is 0 Å². The van der Waals surface area contributed by atoms with Crippen LogP contribution in [0.2, 0.25) is 0 Å². The average Bonchev–Trinajstić information content (AvgIpc) is 3.07. The van der Waals surface area contributed by atoms with Gasteiger partial charge in [0.1, 0.15) is 0 Å². The van der Waals surface area contributed by atoms with Crippen molar-refractivity contribution in [3.8, 4) is 0 Å². The van der Waals surface area contributed by atoms with E-state index in [0.29, 0.717) is 11.7 Å². The molecule has 3 heterocycles. The second-order valence-corrected chi connectivity index (χ2v) is 8.56. The largest absolute Gasteiger partial charge is 0.375 e. The van der Waals surface area contributed by atoms with E-state index < -0.39 is 0 Å². The third-order valence-corrected chi connectivity index (χ3v) is 6.71. The minimum Gasteiger partial charge on any atom is -0.375 e. The van der Waals surface area contributed by atoms with Crippen molar-refractivity contribution < 1.29 is 4.79 Å². The zero-order valence-electron chi connectivity index (χ0n) is 12.6. The zero-order chi connectivity index (χ0) is 15.3. The Labute approximate surface area is 138 Å². The molecule has 1 aliphatic carbocycles. The molecule has 2 aromatic rings. The van der Waals surface area contributed by atoms with Gasteiger partial charge >= 0.3 is 0 Å². The van der Waals surface area contributed by atoms with E-state index in [2.05, 4.69) is 18.0 Å². The van der Waals surface area contributed by atoms with E-state index >= 15 is 0 Å². The van der Waals surface area contributed by atoms with Crippen LogP contribution in [0.15, 0.2) is 6.07 Å². The number of rotatable bonds is 1. The molecular formula is C16H19N3OS2. The normalized spacial score (nSPS) is 20.6. The van der Waals surface area contributed by atoms with E-state index in [1.807, 2.05) is 4.90 Å². The highest BCUT2D eigenvalue weighted by atomic mass is 32.1. The Kier molecular flexibility index (Phi) is 3.46. The molecule has 1 aliphatic heterocycles. The first-order valence-corrected chi connectivity index (χ1v) is 9.38. The quantitative estimate of drug-likeness (QED) is 0.872.